The number of methoxy groups -OCH3 is 2. The van der Waals surface area contributed by atoms with E-state index in [0.717, 1.165) is 16.0 Å². The van der Waals surface area contributed by atoms with E-state index in [1.54, 1.807) is 62.8 Å². The first-order chi connectivity index (χ1) is 17.4. The SMILES string of the molecule is COc1ccc(C2(c3ccc(OC)cc3)NC(=O)N(Cc3coc(-c4ccc(C)cc4)n3)C2=O)cc1. The number of hydrogen-bond donors (Lipinski definition) is 1. The predicted molar refractivity (Wildman–Crippen MR) is 133 cm³/mol. The highest BCUT2D eigenvalue weighted by atomic mass is 16.5. The molecular formula is C28H25N3O5. The maximum Gasteiger partial charge on any atom is 0.325 e. The fraction of sp³-hybridized carbons (Fsp3) is 0.179. The number of carbonyl (C=O) groups excluding carboxylic acids is 2. The van der Waals surface area contributed by atoms with Crippen LogP contribution in [0.5, 0.6) is 11.5 Å². The van der Waals surface area contributed by atoms with Crippen molar-refractivity contribution >= 4 is 11.9 Å². The summed E-state index contributed by atoms with van der Waals surface area (Å²) in [5.41, 5.74) is 2.20. The van der Waals surface area contributed by atoms with Gasteiger partial charge >= 0.3 is 6.03 Å². The second-order valence-electron chi connectivity index (χ2n) is 8.54. The fourth-order valence-corrected chi connectivity index (χ4v) is 4.33. The molecule has 1 fully saturated rings. The molecular weight excluding hydrogens is 458 g/mol. The zero-order valence-electron chi connectivity index (χ0n) is 20.1. The third kappa shape index (κ3) is 3.96. The van der Waals surface area contributed by atoms with Gasteiger partial charge in [-0.3, -0.25) is 9.69 Å². The molecule has 0 unspecified atom stereocenters. The molecule has 1 aliphatic rings. The number of amides is 3. The van der Waals surface area contributed by atoms with Gasteiger partial charge in [0.25, 0.3) is 5.91 Å². The minimum Gasteiger partial charge on any atom is -0.497 e. The third-order valence-corrected chi connectivity index (χ3v) is 6.32. The molecule has 8 nitrogen and oxygen atoms in total. The highest BCUT2D eigenvalue weighted by molar-refractivity contribution is 6.09. The molecule has 1 N–H and O–H groups in total. The van der Waals surface area contributed by atoms with E-state index < -0.39 is 17.5 Å². The summed E-state index contributed by atoms with van der Waals surface area (Å²) < 4.78 is 16.2. The zero-order valence-corrected chi connectivity index (χ0v) is 20.1. The van der Waals surface area contributed by atoms with Crippen LogP contribution in [0.4, 0.5) is 4.79 Å². The van der Waals surface area contributed by atoms with E-state index in [1.807, 2.05) is 31.2 Å². The molecule has 1 saturated heterocycles. The fourth-order valence-electron chi connectivity index (χ4n) is 4.33. The first kappa shape index (κ1) is 23.2. The summed E-state index contributed by atoms with van der Waals surface area (Å²) in [6.07, 6.45) is 1.47. The number of nitrogens with zero attached hydrogens (tertiary/aromatic N) is 2. The summed E-state index contributed by atoms with van der Waals surface area (Å²) in [7, 11) is 3.14. The number of carbonyl (C=O) groups is 2. The molecule has 2 heterocycles. The second-order valence-corrected chi connectivity index (χ2v) is 8.54. The molecule has 0 saturated carbocycles. The molecule has 3 aromatic carbocycles. The summed E-state index contributed by atoms with van der Waals surface area (Å²) in [6, 6.07) is 21.4. The standard InChI is InChI=1S/C28H25N3O5/c1-18-4-6-19(7-5-18)25-29-22(17-36-25)16-31-26(32)28(30-27(31)33,20-8-12-23(34-2)13-9-20)21-10-14-24(35-3)15-11-21/h4-15,17H,16H2,1-3H3,(H,30,33). The zero-order chi connectivity index (χ0) is 25.3. The Balaban J connectivity index is 1.50. The topological polar surface area (TPSA) is 93.9 Å². The van der Waals surface area contributed by atoms with Gasteiger partial charge in [0.1, 0.15) is 17.8 Å². The van der Waals surface area contributed by atoms with Gasteiger partial charge in [-0.25, -0.2) is 9.78 Å². The number of aryl methyl sites for hydroxylation is 1. The van der Waals surface area contributed by atoms with Crippen molar-refractivity contribution in [3.8, 4) is 23.0 Å². The van der Waals surface area contributed by atoms with E-state index in [-0.39, 0.29) is 6.54 Å². The molecule has 0 radical (unpaired) electrons. The molecule has 36 heavy (non-hydrogen) atoms. The second kappa shape index (κ2) is 9.22. The van der Waals surface area contributed by atoms with Crippen molar-refractivity contribution in [3.05, 3.63) is 101 Å². The van der Waals surface area contributed by atoms with E-state index in [0.29, 0.717) is 34.2 Å². The van der Waals surface area contributed by atoms with Crippen LogP contribution in [0.15, 0.2) is 83.5 Å². The quantitative estimate of drug-likeness (QED) is 0.384. The summed E-state index contributed by atoms with van der Waals surface area (Å²) in [4.78, 5) is 32.9. The molecule has 0 spiro atoms. The number of oxazole rings is 1. The normalized spacial score (nSPS) is 14.6. The Hall–Kier alpha value is -4.59. The highest BCUT2D eigenvalue weighted by Gasteiger charge is 2.53. The molecule has 182 valence electrons. The smallest absolute Gasteiger partial charge is 0.325 e. The number of nitrogens with one attached hydrogen (secondary N) is 1. The molecule has 1 aromatic heterocycles. The van der Waals surface area contributed by atoms with Crippen molar-refractivity contribution in [2.24, 2.45) is 0 Å². The Bertz CT molecular complexity index is 1350. The number of rotatable bonds is 7. The van der Waals surface area contributed by atoms with Gasteiger partial charge in [0.05, 0.1) is 26.5 Å². The van der Waals surface area contributed by atoms with E-state index in [4.69, 9.17) is 13.9 Å². The number of benzene rings is 3. The first-order valence-corrected chi connectivity index (χ1v) is 11.4. The number of hydrogen-bond acceptors (Lipinski definition) is 6. The number of ether oxygens (including phenoxy) is 2. The molecule has 4 aromatic rings. The van der Waals surface area contributed by atoms with Crippen LogP contribution in [0.3, 0.4) is 0 Å². The first-order valence-electron chi connectivity index (χ1n) is 11.4. The van der Waals surface area contributed by atoms with E-state index in [2.05, 4.69) is 10.3 Å². The van der Waals surface area contributed by atoms with E-state index in [1.165, 1.54) is 6.26 Å². The maximum absolute atomic E-state index is 14.0. The van der Waals surface area contributed by atoms with Gasteiger partial charge in [-0.05, 0) is 54.4 Å². The third-order valence-electron chi connectivity index (χ3n) is 6.32. The lowest BCUT2D eigenvalue weighted by Crippen LogP contribution is -2.45. The van der Waals surface area contributed by atoms with Crippen LogP contribution in [0.1, 0.15) is 22.4 Å². The van der Waals surface area contributed by atoms with Crippen LogP contribution >= 0.6 is 0 Å². The van der Waals surface area contributed by atoms with Gasteiger partial charge in [0, 0.05) is 5.56 Å². The molecule has 5 rings (SSSR count). The Morgan fingerprint density at radius 2 is 1.42 bits per heavy atom. The Labute approximate surface area is 208 Å². The van der Waals surface area contributed by atoms with Crippen molar-refractivity contribution in [1.82, 2.24) is 15.2 Å². The summed E-state index contributed by atoms with van der Waals surface area (Å²) in [6.45, 7) is 1.97. The molecule has 1 aliphatic heterocycles. The van der Waals surface area contributed by atoms with Crippen molar-refractivity contribution in [3.63, 3.8) is 0 Å². The number of imide groups is 1. The van der Waals surface area contributed by atoms with Crippen LogP contribution in [0, 0.1) is 6.92 Å². The summed E-state index contributed by atoms with van der Waals surface area (Å²) in [5, 5.41) is 2.94. The molecule has 0 atom stereocenters. The van der Waals surface area contributed by atoms with Gasteiger partial charge < -0.3 is 19.2 Å². The van der Waals surface area contributed by atoms with Gasteiger partial charge in [-0.15, -0.1) is 0 Å². The molecule has 0 bridgehead atoms. The van der Waals surface area contributed by atoms with Crippen LogP contribution < -0.4 is 14.8 Å². The minimum atomic E-state index is -1.42. The average molecular weight is 484 g/mol. The lowest BCUT2D eigenvalue weighted by Gasteiger charge is -2.28. The van der Waals surface area contributed by atoms with Gasteiger partial charge in [0.2, 0.25) is 5.89 Å². The van der Waals surface area contributed by atoms with Gasteiger partial charge in [0.15, 0.2) is 5.54 Å². The lowest BCUT2D eigenvalue weighted by atomic mass is 9.82. The maximum atomic E-state index is 14.0. The molecule has 0 aliphatic carbocycles. The summed E-state index contributed by atoms with van der Waals surface area (Å²) in [5.74, 6) is 1.29. The van der Waals surface area contributed by atoms with E-state index in [9.17, 15) is 9.59 Å². The minimum absolute atomic E-state index is 0.0336. The Kier molecular flexibility index (Phi) is 5.93. The van der Waals surface area contributed by atoms with Crippen molar-refractivity contribution in [2.75, 3.05) is 14.2 Å². The van der Waals surface area contributed by atoms with Crippen LogP contribution in [-0.2, 0) is 16.9 Å². The van der Waals surface area contributed by atoms with E-state index >= 15 is 0 Å². The van der Waals surface area contributed by atoms with Gasteiger partial charge in [-0.1, -0.05) is 42.0 Å². The number of urea groups is 1. The van der Waals surface area contributed by atoms with Gasteiger partial charge in [-0.2, -0.15) is 0 Å². The van der Waals surface area contributed by atoms with Crippen molar-refractivity contribution in [2.45, 2.75) is 19.0 Å². The predicted octanol–water partition coefficient (Wildman–Crippen LogP) is 4.66. The van der Waals surface area contributed by atoms with Crippen LogP contribution in [0.2, 0.25) is 0 Å². The Morgan fingerprint density at radius 1 is 0.861 bits per heavy atom. The van der Waals surface area contributed by atoms with Crippen LogP contribution in [0.25, 0.3) is 11.5 Å². The number of aromatic nitrogens is 1. The Morgan fingerprint density at radius 3 is 1.94 bits per heavy atom. The lowest BCUT2D eigenvalue weighted by molar-refractivity contribution is -0.130. The largest absolute Gasteiger partial charge is 0.497 e. The van der Waals surface area contributed by atoms with Crippen molar-refractivity contribution < 1.29 is 23.5 Å². The monoisotopic (exact) mass is 483 g/mol. The molecule has 8 heteroatoms. The highest BCUT2D eigenvalue weighted by Crippen LogP contribution is 2.38. The summed E-state index contributed by atoms with van der Waals surface area (Å²) >= 11 is 0. The molecule has 3 amide bonds. The van der Waals surface area contributed by atoms with Crippen LogP contribution in [-0.4, -0.2) is 36.0 Å². The average Bonchev–Trinajstić information content (AvgIpc) is 3.48. The van der Waals surface area contributed by atoms with Crippen molar-refractivity contribution in [1.29, 1.82) is 0 Å².